The molecule has 0 amide bonds. The maximum Gasteiger partial charge on any atom is 0.134 e. The molecule has 0 aliphatic rings. The van der Waals surface area contributed by atoms with Crippen LogP contribution < -0.4 is 4.90 Å². The molecule has 0 radical (unpaired) electrons. The molecule has 0 saturated carbocycles. The number of nitrogens with zero attached hydrogens (tertiary/aromatic N) is 2. The first kappa shape index (κ1) is 12.9. The summed E-state index contributed by atoms with van der Waals surface area (Å²) >= 11 is 0. The minimum Gasteiger partial charge on any atom is -0.395 e. The fraction of sp³-hybridized carbons (Fsp3) is 0.583. The molecule has 4 heteroatoms. The quantitative estimate of drug-likeness (QED) is 0.783. The van der Waals surface area contributed by atoms with Gasteiger partial charge in [0.2, 0.25) is 0 Å². The Kier molecular flexibility index (Phi) is 4.71. The highest BCUT2D eigenvalue weighted by molar-refractivity contribution is 5.51. The zero-order valence-corrected chi connectivity index (χ0v) is 10.2. The van der Waals surface area contributed by atoms with Crippen molar-refractivity contribution in [2.75, 3.05) is 24.6 Å². The van der Waals surface area contributed by atoms with E-state index in [9.17, 15) is 5.11 Å². The molecule has 0 atom stereocenters. The number of hydrogen-bond donors (Lipinski definition) is 2. The number of aliphatic hydroxyl groups is 2. The van der Waals surface area contributed by atoms with Gasteiger partial charge in [0.25, 0.3) is 0 Å². The van der Waals surface area contributed by atoms with Gasteiger partial charge >= 0.3 is 0 Å². The van der Waals surface area contributed by atoms with Crippen LogP contribution in [0.4, 0.5) is 5.82 Å². The zero-order chi connectivity index (χ0) is 12.1. The Balaban J connectivity index is 3.17. The fourth-order valence-corrected chi connectivity index (χ4v) is 1.84. The van der Waals surface area contributed by atoms with Crippen molar-refractivity contribution in [1.29, 1.82) is 0 Å². The molecule has 4 nitrogen and oxygen atoms in total. The molecule has 0 saturated heterocycles. The van der Waals surface area contributed by atoms with Gasteiger partial charge in [-0.15, -0.1) is 0 Å². The highest BCUT2D eigenvalue weighted by atomic mass is 16.3. The standard InChI is InChI=1S/C12H20N2O2/c1-4-14(5-6-15)12-11(8-16)9(2)7-10(3)13-12/h7,15-16H,4-6,8H2,1-3H3. The Labute approximate surface area is 96.6 Å². The average molecular weight is 224 g/mol. The number of likely N-dealkylation sites (N-methyl/N-ethyl adjacent to an activating group) is 1. The lowest BCUT2D eigenvalue weighted by Crippen LogP contribution is -2.28. The number of aromatic nitrogens is 1. The third kappa shape index (κ3) is 2.71. The lowest BCUT2D eigenvalue weighted by molar-refractivity contribution is 0.279. The van der Waals surface area contributed by atoms with Crippen molar-refractivity contribution in [3.05, 3.63) is 22.9 Å². The SMILES string of the molecule is CCN(CCO)c1nc(C)cc(C)c1CO. The zero-order valence-electron chi connectivity index (χ0n) is 10.2. The van der Waals surface area contributed by atoms with Crippen molar-refractivity contribution >= 4 is 5.82 Å². The Morgan fingerprint density at radius 1 is 1.31 bits per heavy atom. The van der Waals surface area contributed by atoms with Crippen LogP contribution in [0.2, 0.25) is 0 Å². The van der Waals surface area contributed by atoms with E-state index in [1.807, 2.05) is 31.7 Å². The van der Waals surface area contributed by atoms with Crippen LogP contribution in [0.25, 0.3) is 0 Å². The van der Waals surface area contributed by atoms with Crippen LogP contribution in [-0.4, -0.2) is 34.9 Å². The molecule has 0 unspecified atom stereocenters. The lowest BCUT2D eigenvalue weighted by atomic mass is 10.1. The molecule has 0 fully saturated rings. The monoisotopic (exact) mass is 224 g/mol. The van der Waals surface area contributed by atoms with Crippen LogP contribution in [-0.2, 0) is 6.61 Å². The van der Waals surface area contributed by atoms with Gasteiger partial charge in [0.15, 0.2) is 0 Å². The predicted octanol–water partition coefficient (Wildman–Crippen LogP) is 1.01. The first-order valence-electron chi connectivity index (χ1n) is 5.57. The highest BCUT2D eigenvalue weighted by Gasteiger charge is 2.13. The van der Waals surface area contributed by atoms with E-state index in [1.165, 1.54) is 0 Å². The number of rotatable bonds is 5. The molecule has 1 rings (SSSR count). The maximum atomic E-state index is 9.37. The summed E-state index contributed by atoms with van der Waals surface area (Å²) in [6.45, 7) is 7.30. The van der Waals surface area contributed by atoms with Gasteiger partial charge in [-0.2, -0.15) is 0 Å². The fourth-order valence-electron chi connectivity index (χ4n) is 1.84. The molecule has 2 N–H and O–H groups in total. The molecule has 0 bridgehead atoms. The van der Waals surface area contributed by atoms with Crippen LogP contribution in [0.1, 0.15) is 23.7 Å². The number of hydrogen-bond acceptors (Lipinski definition) is 4. The highest BCUT2D eigenvalue weighted by Crippen LogP contribution is 2.22. The summed E-state index contributed by atoms with van der Waals surface area (Å²) in [5, 5.41) is 18.4. The summed E-state index contributed by atoms with van der Waals surface area (Å²) in [4.78, 5) is 6.43. The van der Waals surface area contributed by atoms with Gasteiger partial charge in [-0.1, -0.05) is 0 Å². The summed E-state index contributed by atoms with van der Waals surface area (Å²) < 4.78 is 0. The molecule has 0 spiro atoms. The van der Waals surface area contributed by atoms with Gasteiger partial charge < -0.3 is 15.1 Å². The van der Waals surface area contributed by atoms with E-state index in [4.69, 9.17) is 5.11 Å². The van der Waals surface area contributed by atoms with Gasteiger partial charge in [-0.3, -0.25) is 0 Å². The van der Waals surface area contributed by atoms with E-state index in [0.29, 0.717) is 6.54 Å². The van der Waals surface area contributed by atoms with E-state index in [2.05, 4.69) is 4.98 Å². The summed E-state index contributed by atoms with van der Waals surface area (Å²) in [5.74, 6) is 0.788. The van der Waals surface area contributed by atoms with Gasteiger partial charge in [-0.25, -0.2) is 4.98 Å². The van der Waals surface area contributed by atoms with Gasteiger partial charge in [0, 0.05) is 24.3 Å². The van der Waals surface area contributed by atoms with Gasteiger partial charge in [0.05, 0.1) is 13.2 Å². The van der Waals surface area contributed by atoms with Crippen molar-refractivity contribution in [3.63, 3.8) is 0 Å². The van der Waals surface area contributed by atoms with Crippen LogP contribution in [0.15, 0.2) is 6.07 Å². The number of aryl methyl sites for hydroxylation is 2. The van der Waals surface area contributed by atoms with Crippen molar-refractivity contribution in [2.45, 2.75) is 27.4 Å². The first-order valence-corrected chi connectivity index (χ1v) is 5.57. The minimum atomic E-state index is -0.0175. The van der Waals surface area contributed by atoms with Crippen molar-refractivity contribution in [2.24, 2.45) is 0 Å². The van der Waals surface area contributed by atoms with Crippen LogP contribution in [0, 0.1) is 13.8 Å². The third-order valence-corrected chi connectivity index (χ3v) is 2.66. The largest absolute Gasteiger partial charge is 0.395 e. The molecular weight excluding hydrogens is 204 g/mol. The third-order valence-electron chi connectivity index (χ3n) is 2.66. The van der Waals surface area contributed by atoms with E-state index >= 15 is 0 Å². The maximum absolute atomic E-state index is 9.37. The van der Waals surface area contributed by atoms with E-state index in [0.717, 1.165) is 29.2 Å². The Bertz CT molecular complexity index is 353. The molecular formula is C12H20N2O2. The average Bonchev–Trinajstić information content (AvgIpc) is 2.25. The number of aliphatic hydroxyl groups excluding tert-OH is 2. The Morgan fingerprint density at radius 3 is 2.50 bits per heavy atom. The smallest absolute Gasteiger partial charge is 0.134 e. The molecule has 0 aromatic carbocycles. The Hall–Kier alpha value is -1.13. The molecule has 16 heavy (non-hydrogen) atoms. The summed E-state index contributed by atoms with van der Waals surface area (Å²) in [5.41, 5.74) is 2.82. The van der Waals surface area contributed by atoms with E-state index in [-0.39, 0.29) is 13.2 Å². The van der Waals surface area contributed by atoms with Gasteiger partial charge in [0.1, 0.15) is 5.82 Å². The number of anilines is 1. The van der Waals surface area contributed by atoms with E-state index in [1.54, 1.807) is 0 Å². The van der Waals surface area contributed by atoms with Crippen molar-refractivity contribution < 1.29 is 10.2 Å². The van der Waals surface area contributed by atoms with E-state index < -0.39 is 0 Å². The van der Waals surface area contributed by atoms with Crippen molar-refractivity contribution in [1.82, 2.24) is 4.98 Å². The van der Waals surface area contributed by atoms with Crippen LogP contribution in [0.3, 0.4) is 0 Å². The Morgan fingerprint density at radius 2 is 2.00 bits per heavy atom. The summed E-state index contributed by atoms with van der Waals surface area (Å²) in [6.07, 6.45) is 0. The molecule has 1 aromatic heterocycles. The van der Waals surface area contributed by atoms with Crippen molar-refractivity contribution in [3.8, 4) is 0 Å². The first-order chi connectivity index (χ1) is 7.63. The topological polar surface area (TPSA) is 56.6 Å². The predicted molar refractivity (Wildman–Crippen MR) is 64.6 cm³/mol. The second-order valence-corrected chi connectivity index (χ2v) is 3.84. The second kappa shape index (κ2) is 5.82. The normalized spacial score (nSPS) is 10.6. The molecule has 1 heterocycles. The second-order valence-electron chi connectivity index (χ2n) is 3.84. The van der Waals surface area contributed by atoms with Gasteiger partial charge in [-0.05, 0) is 32.4 Å². The summed E-state index contributed by atoms with van der Waals surface area (Å²) in [7, 11) is 0. The van der Waals surface area contributed by atoms with Crippen LogP contribution >= 0.6 is 0 Å². The lowest BCUT2D eigenvalue weighted by Gasteiger charge is -2.24. The molecule has 0 aliphatic heterocycles. The molecule has 90 valence electrons. The molecule has 1 aromatic rings. The van der Waals surface area contributed by atoms with Crippen LogP contribution in [0.5, 0.6) is 0 Å². The number of pyridine rings is 1. The summed E-state index contributed by atoms with van der Waals surface area (Å²) in [6, 6.07) is 1.96. The molecule has 0 aliphatic carbocycles. The minimum absolute atomic E-state index is 0.0175.